The molecule has 0 saturated heterocycles. The largest absolute Gasteiger partial charge is 0.490 e. The Bertz CT molecular complexity index is 1790. The van der Waals surface area contributed by atoms with E-state index in [-0.39, 0.29) is 0 Å². The number of carboxylic acid groups (broad SMARTS) is 1. The van der Waals surface area contributed by atoms with Crippen LogP contribution in [0.4, 0.5) is 17.6 Å². The van der Waals surface area contributed by atoms with E-state index < -0.39 is 23.7 Å². The molecule has 0 amide bonds. The van der Waals surface area contributed by atoms with Gasteiger partial charge in [0, 0.05) is 47.8 Å². The highest BCUT2D eigenvalue weighted by atomic mass is 19.4. The molecule has 4 N–H and O–H groups in total. The number of benzene rings is 2. The highest BCUT2D eigenvalue weighted by Crippen LogP contribution is 2.33. The third-order valence-corrected chi connectivity index (χ3v) is 5.94. The number of nitriles is 1. The SMILES string of the molecule is Cn1cc(-c2n[nH]c(=O)n2-c2cn(CCCN)c3ccc(F)cc23)c2cc(C#N)ccc21.O=C(O)C(F)(F)F. The van der Waals surface area contributed by atoms with E-state index in [4.69, 9.17) is 15.6 Å². The first kappa shape index (κ1) is 27.1. The van der Waals surface area contributed by atoms with Crippen LogP contribution < -0.4 is 11.4 Å². The first-order chi connectivity index (χ1) is 18.5. The predicted molar refractivity (Wildman–Crippen MR) is 134 cm³/mol. The van der Waals surface area contributed by atoms with E-state index in [1.54, 1.807) is 18.2 Å². The predicted octanol–water partition coefficient (Wildman–Crippen LogP) is 3.67. The molecule has 0 aliphatic heterocycles. The first-order valence-electron chi connectivity index (χ1n) is 11.4. The van der Waals surface area contributed by atoms with Crippen molar-refractivity contribution in [2.45, 2.75) is 19.1 Å². The normalized spacial score (nSPS) is 11.4. The van der Waals surface area contributed by atoms with Gasteiger partial charge in [-0.25, -0.2) is 23.6 Å². The number of aryl methyl sites for hydroxylation is 2. The van der Waals surface area contributed by atoms with E-state index in [1.165, 1.54) is 16.7 Å². The van der Waals surface area contributed by atoms with E-state index >= 15 is 0 Å². The van der Waals surface area contributed by atoms with E-state index in [2.05, 4.69) is 16.3 Å². The highest BCUT2D eigenvalue weighted by Gasteiger charge is 2.38. The molecule has 0 saturated carbocycles. The molecule has 0 aliphatic carbocycles. The third kappa shape index (κ3) is 5.25. The lowest BCUT2D eigenvalue weighted by Crippen LogP contribution is -2.21. The van der Waals surface area contributed by atoms with E-state index in [0.717, 1.165) is 22.8 Å². The molecule has 0 radical (unpaired) electrons. The Morgan fingerprint density at radius 3 is 2.49 bits per heavy atom. The van der Waals surface area contributed by atoms with Crippen LogP contribution in [0.15, 0.2) is 53.6 Å². The fraction of sp³-hybridized carbons (Fsp3) is 0.200. The molecular formula is C25H21F4N7O3. The number of nitrogens with zero attached hydrogens (tertiary/aromatic N) is 5. The molecular weight excluding hydrogens is 522 g/mol. The Kier molecular flexibility index (Phi) is 7.28. The number of nitrogens with one attached hydrogen (secondary N) is 1. The van der Waals surface area contributed by atoms with Gasteiger partial charge in [-0.3, -0.25) is 0 Å². The standard InChI is InChI=1S/C23H20FN7O.C2HF3O2/c1-29-12-18(16-9-14(11-26)3-5-19(16)29)22-27-28-23(32)31(22)21-13-30(8-2-7-25)20-6-4-15(24)10-17(20)21;3-2(4,5)1(6)7/h3-6,9-10,12-13H,2,7-8,25H2,1H3,(H,28,32);(H,6,7). The Balaban J connectivity index is 0.000000448. The van der Waals surface area contributed by atoms with Gasteiger partial charge < -0.3 is 20.0 Å². The first-order valence-corrected chi connectivity index (χ1v) is 11.4. The van der Waals surface area contributed by atoms with Crippen molar-refractivity contribution < 1.29 is 27.5 Å². The van der Waals surface area contributed by atoms with Gasteiger partial charge in [-0.1, -0.05) is 0 Å². The molecule has 0 atom stereocenters. The molecule has 10 nitrogen and oxygen atoms in total. The molecule has 0 aliphatic rings. The van der Waals surface area contributed by atoms with Crippen LogP contribution in [0, 0.1) is 17.1 Å². The number of halogens is 4. The number of alkyl halides is 3. The molecule has 0 fully saturated rings. The van der Waals surface area contributed by atoms with Crippen LogP contribution in [0.1, 0.15) is 12.0 Å². The summed E-state index contributed by atoms with van der Waals surface area (Å²) in [6, 6.07) is 12.1. The fourth-order valence-electron chi connectivity index (χ4n) is 4.22. The van der Waals surface area contributed by atoms with Gasteiger partial charge in [0.05, 0.1) is 22.8 Å². The van der Waals surface area contributed by atoms with Gasteiger partial charge >= 0.3 is 17.8 Å². The summed E-state index contributed by atoms with van der Waals surface area (Å²) in [4.78, 5) is 21.8. The molecule has 39 heavy (non-hydrogen) atoms. The smallest absolute Gasteiger partial charge is 0.475 e. The number of nitrogens with two attached hydrogens (primary N) is 1. The summed E-state index contributed by atoms with van der Waals surface area (Å²) in [6.07, 6.45) is -0.647. The van der Waals surface area contributed by atoms with Crippen LogP contribution in [0.2, 0.25) is 0 Å². The third-order valence-electron chi connectivity index (χ3n) is 5.94. The van der Waals surface area contributed by atoms with Gasteiger partial charge in [0.2, 0.25) is 0 Å². The van der Waals surface area contributed by atoms with Crippen LogP contribution in [0.3, 0.4) is 0 Å². The van der Waals surface area contributed by atoms with Crippen molar-refractivity contribution in [2.24, 2.45) is 12.8 Å². The molecule has 14 heteroatoms. The number of aromatic nitrogens is 5. The Morgan fingerprint density at radius 1 is 1.15 bits per heavy atom. The Morgan fingerprint density at radius 2 is 1.85 bits per heavy atom. The summed E-state index contributed by atoms with van der Waals surface area (Å²) in [5.74, 6) is -2.76. The maximum atomic E-state index is 14.2. The number of aliphatic carboxylic acids is 1. The number of carbonyl (C=O) groups is 1. The molecule has 0 bridgehead atoms. The van der Waals surface area contributed by atoms with Crippen LogP contribution in [-0.2, 0) is 18.4 Å². The molecule has 0 spiro atoms. The van der Waals surface area contributed by atoms with Crippen LogP contribution in [-0.4, -0.2) is 47.7 Å². The van der Waals surface area contributed by atoms with Crippen molar-refractivity contribution >= 4 is 27.8 Å². The molecule has 3 aromatic heterocycles. The minimum absolute atomic E-state index is 0.387. The zero-order valence-corrected chi connectivity index (χ0v) is 20.3. The second-order valence-electron chi connectivity index (χ2n) is 8.50. The number of carboxylic acids is 1. The fourth-order valence-corrected chi connectivity index (χ4v) is 4.22. The van der Waals surface area contributed by atoms with Crippen molar-refractivity contribution in [2.75, 3.05) is 6.54 Å². The minimum atomic E-state index is -5.08. The zero-order chi connectivity index (χ0) is 28.5. The summed E-state index contributed by atoms with van der Waals surface area (Å²) in [6.45, 7) is 1.16. The van der Waals surface area contributed by atoms with Crippen molar-refractivity contribution in [3.05, 3.63) is 70.7 Å². The monoisotopic (exact) mass is 543 g/mol. The maximum Gasteiger partial charge on any atom is 0.490 e. The number of rotatable bonds is 5. The van der Waals surface area contributed by atoms with Crippen LogP contribution in [0.5, 0.6) is 0 Å². The number of hydrogen-bond donors (Lipinski definition) is 3. The van der Waals surface area contributed by atoms with Gasteiger partial charge in [-0.05, 0) is 49.4 Å². The summed E-state index contributed by atoms with van der Waals surface area (Å²) in [7, 11) is 1.89. The Labute approximate surface area is 217 Å². The van der Waals surface area contributed by atoms with Gasteiger partial charge in [-0.15, -0.1) is 0 Å². The summed E-state index contributed by atoms with van der Waals surface area (Å²) < 4.78 is 51.2. The second-order valence-corrected chi connectivity index (χ2v) is 8.50. The summed E-state index contributed by atoms with van der Waals surface area (Å²) >= 11 is 0. The molecule has 2 aromatic carbocycles. The topological polar surface area (TPSA) is 148 Å². The van der Waals surface area contributed by atoms with Gasteiger partial charge in [0.15, 0.2) is 5.82 Å². The summed E-state index contributed by atoms with van der Waals surface area (Å²) in [5, 5.41) is 24.7. The van der Waals surface area contributed by atoms with Crippen LogP contribution >= 0.6 is 0 Å². The number of fused-ring (bicyclic) bond motifs is 2. The minimum Gasteiger partial charge on any atom is -0.475 e. The lowest BCUT2D eigenvalue weighted by molar-refractivity contribution is -0.192. The molecule has 0 unspecified atom stereocenters. The molecule has 3 heterocycles. The average Bonchev–Trinajstić information content (AvgIpc) is 3.54. The van der Waals surface area contributed by atoms with Crippen LogP contribution in [0.25, 0.3) is 38.9 Å². The molecule has 202 valence electrons. The van der Waals surface area contributed by atoms with Crippen molar-refractivity contribution in [1.82, 2.24) is 23.9 Å². The number of H-pyrrole nitrogens is 1. The van der Waals surface area contributed by atoms with Crippen molar-refractivity contribution in [3.8, 4) is 23.1 Å². The second kappa shape index (κ2) is 10.5. The maximum absolute atomic E-state index is 14.2. The van der Waals surface area contributed by atoms with E-state index in [9.17, 15) is 27.6 Å². The van der Waals surface area contributed by atoms with E-state index in [1.807, 2.05) is 34.6 Å². The quantitative estimate of drug-likeness (QED) is 0.288. The lowest BCUT2D eigenvalue weighted by Gasteiger charge is -2.04. The van der Waals surface area contributed by atoms with Crippen molar-refractivity contribution in [3.63, 3.8) is 0 Å². The zero-order valence-electron chi connectivity index (χ0n) is 20.3. The van der Waals surface area contributed by atoms with Crippen molar-refractivity contribution in [1.29, 1.82) is 5.26 Å². The number of aromatic amines is 1. The van der Waals surface area contributed by atoms with Gasteiger partial charge in [0.1, 0.15) is 5.82 Å². The molecule has 5 aromatic rings. The average molecular weight is 543 g/mol. The highest BCUT2D eigenvalue weighted by molar-refractivity contribution is 5.96. The summed E-state index contributed by atoms with van der Waals surface area (Å²) in [5.41, 5.74) is 8.68. The van der Waals surface area contributed by atoms with Gasteiger partial charge in [0.25, 0.3) is 0 Å². The number of hydrogen-bond acceptors (Lipinski definition) is 5. The molecule has 5 rings (SSSR count). The Hall–Kier alpha value is -4.90. The lowest BCUT2D eigenvalue weighted by atomic mass is 10.1. The van der Waals surface area contributed by atoms with Gasteiger partial charge in [-0.2, -0.15) is 23.5 Å². The van der Waals surface area contributed by atoms with E-state index in [0.29, 0.717) is 41.1 Å².